The SMILES string of the molecule is CCC(c1nc2ccccc2c(=O)n1-c1ccc(C)c(C)c1)N(CCc1ccccc1)C(=O)NCc1ccccc1.CCCC(NS(=O)(=O)c1ccc(C)cc1)C(=O)NCCc1ccc(OC)c(OC)c1.CCCCC(=O)N1CCCC1C(=O)NCCc1ccc(Cl)cc1Cl.CCCCC/C(=C\c1ccccc1)CN(C(=O)c1ccccc1C)C1CCCCC1. The number of aryl methyl sites for hydroxylation is 4. The summed E-state index contributed by atoms with van der Waals surface area (Å²) in [6, 6.07) is 68.1. The number of unbranched alkanes of at least 4 members (excludes halogenated alkanes) is 3. The first kappa shape index (κ1) is 97.9. The van der Waals surface area contributed by atoms with E-state index in [1.165, 1.54) is 61.8 Å². The molecular formula is C103H127Cl2N9O10S. The maximum Gasteiger partial charge on any atom is 0.318 e. The topological polar surface area (TPSA) is 231 Å². The van der Waals surface area contributed by atoms with Crippen LogP contribution in [0.2, 0.25) is 10.0 Å². The Morgan fingerprint density at radius 2 is 1.26 bits per heavy atom. The molecule has 1 aliphatic heterocycles. The van der Waals surface area contributed by atoms with Crippen molar-refractivity contribution in [1.82, 2.24) is 44.9 Å². The van der Waals surface area contributed by atoms with Crippen LogP contribution in [0, 0.1) is 27.7 Å². The van der Waals surface area contributed by atoms with Crippen LogP contribution >= 0.6 is 23.2 Å². The van der Waals surface area contributed by atoms with E-state index in [2.05, 4.69) is 94.9 Å². The maximum atomic E-state index is 14.1. The third-order valence-corrected chi connectivity index (χ3v) is 25.0. The molecule has 664 valence electrons. The molecule has 12 rings (SSSR count). The van der Waals surface area contributed by atoms with Crippen molar-refractivity contribution in [3.8, 4) is 17.2 Å². The Bertz CT molecular complexity index is 5320. The molecule has 1 saturated heterocycles. The fraction of sp³-hybridized carbons (Fsp3) is 0.388. The molecule has 3 atom stereocenters. The van der Waals surface area contributed by atoms with E-state index in [1.54, 1.807) is 48.0 Å². The van der Waals surface area contributed by atoms with E-state index in [0.717, 1.165) is 107 Å². The van der Waals surface area contributed by atoms with Gasteiger partial charge in [-0.05, 0) is 216 Å². The van der Waals surface area contributed by atoms with Crippen LogP contribution in [0.5, 0.6) is 11.5 Å². The van der Waals surface area contributed by atoms with Crippen molar-refractivity contribution >= 4 is 79.9 Å². The summed E-state index contributed by atoms with van der Waals surface area (Å²) in [7, 11) is -0.638. The van der Waals surface area contributed by atoms with Crippen molar-refractivity contribution in [1.29, 1.82) is 0 Å². The minimum atomic E-state index is -3.78. The van der Waals surface area contributed by atoms with Gasteiger partial charge < -0.3 is 40.1 Å². The predicted molar refractivity (Wildman–Crippen MR) is 507 cm³/mol. The monoisotopic (exact) mass is 1750 g/mol. The molecule has 0 radical (unpaired) electrons. The molecule has 4 N–H and O–H groups in total. The van der Waals surface area contributed by atoms with Gasteiger partial charge in [-0.3, -0.25) is 28.5 Å². The number of nitrogens with zero attached hydrogens (tertiary/aromatic N) is 5. The Hall–Kier alpha value is -10.9. The Morgan fingerprint density at radius 1 is 0.600 bits per heavy atom. The number of hydrogen-bond acceptors (Lipinski definition) is 11. The van der Waals surface area contributed by atoms with Gasteiger partial charge in [0.15, 0.2) is 11.5 Å². The van der Waals surface area contributed by atoms with Crippen LogP contribution in [0.3, 0.4) is 0 Å². The number of rotatable bonds is 36. The first-order chi connectivity index (χ1) is 60.5. The van der Waals surface area contributed by atoms with Crippen LogP contribution in [-0.2, 0) is 50.2 Å². The standard InChI is InChI=1S/C35H36N4O2.C28H37NO.C22H30N2O5S.C18H24Cl2N2O2/c1-4-32(38(22-21-27-13-7-5-8-14-27)35(41)36-24-28-15-9-6-10-16-28)33-37-31-18-12-11-17-30(31)34(40)39(33)29-20-19-25(2)26(3)23-29;1-3-4-7-17-25(21-24-15-8-5-9-16-24)22-29(26-18-10-6-11-19-26)28(30)27-20-13-12-14-23(27)2;1-5-6-19(24-30(26,27)18-10-7-16(2)8-11-18)22(25)23-14-13-17-9-12-20(28-3)21(15-17)29-4;1-2-3-6-17(23)22-11-4-5-16(22)18(24)21-10-9-13-7-8-14(19)12-15(13)20/h5-20,23,32H,4,21-22,24H2,1-3H3,(H,36,41);5,8-9,12-16,20-21,26H,3-4,6-7,10-11,17-19,22H2,1-2H3;7-12,15,19,24H,5-6,13-14H2,1-4H3,(H,23,25);7-8,12,16H,2-6,9-11H2,1H3,(H,21,24)/b;25-21+;;. The lowest BCUT2D eigenvalue weighted by molar-refractivity contribution is -0.138. The van der Waals surface area contributed by atoms with Crippen LogP contribution in [0.4, 0.5) is 4.79 Å². The minimum absolute atomic E-state index is 0.0672. The highest BCUT2D eigenvalue weighted by molar-refractivity contribution is 7.89. The van der Waals surface area contributed by atoms with E-state index in [1.807, 2.05) is 179 Å². The quantitative estimate of drug-likeness (QED) is 0.0270. The van der Waals surface area contributed by atoms with Crippen LogP contribution in [-0.4, -0.2) is 127 Å². The third-order valence-electron chi connectivity index (χ3n) is 23.0. The van der Waals surface area contributed by atoms with Gasteiger partial charge in [-0.25, -0.2) is 18.2 Å². The lowest BCUT2D eigenvalue weighted by Gasteiger charge is -2.35. The van der Waals surface area contributed by atoms with Crippen molar-refractivity contribution in [2.45, 2.75) is 219 Å². The van der Waals surface area contributed by atoms with Crippen LogP contribution in [0.1, 0.15) is 209 Å². The number of carbonyl (C=O) groups excluding carboxylic acids is 5. The van der Waals surface area contributed by atoms with Gasteiger partial charge >= 0.3 is 6.03 Å². The first-order valence-corrected chi connectivity index (χ1v) is 46.6. The average molecular weight is 1750 g/mol. The van der Waals surface area contributed by atoms with E-state index < -0.39 is 22.1 Å². The Balaban J connectivity index is 0.000000192. The number of methoxy groups -OCH3 is 2. The highest BCUT2D eigenvalue weighted by atomic mass is 35.5. The zero-order chi connectivity index (χ0) is 89.6. The normalized spacial score (nSPS) is 13.7. The highest BCUT2D eigenvalue weighted by Crippen LogP contribution is 2.32. The van der Waals surface area contributed by atoms with Crippen LogP contribution in [0.15, 0.2) is 234 Å². The van der Waals surface area contributed by atoms with Gasteiger partial charge in [0.1, 0.15) is 17.9 Å². The number of benzene rings is 9. The number of fused-ring (bicyclic) bond motifs is 1. The summed E-state index contributed by atoms with van der Waals surface area (Å²) in [4.78, 5) is 89.8. The smallest absolute Gasteiger partial charge is 0.318 e. The van der Waals surface area contributed by atoms with Crippen molar-refractivity contribution < 1.29 is 41.9 Å². The number of ether oxygens (including phenoxy) is 2. The summed E-state index contributed by atoms with van der Waals surface area (Å²) < 4.78 is 40.0. The number of nitrogens with one attached hydrogen (secondary N) is 4. The third kappa shape index (κ3) is 29.6. The molecule has 2 aliphatic rings. The number of sulfonamides is 1. The van der Waals surface area contributed by atoms with Crippen molar-refractivity contribution in [2.24, 2.45) is 0 Å². The lowest BCUT2D eigenvalue weighted by Crippen LogP contribution is -2.47. The molecule has 125 heavy (non-hydrogen) atoms. The van der Waals surface area contributed by atoms with Crippen molar-refractivity contribution in [3.05, 3.63) is 306 Å². The van der Waals surface area contributed by atoms with Crippen LogP contribution in [0.25, 0.3) is 22.7 Å². The minimum Gasteiger partial charge on any atom is -0.493 e. The number of urea groups is 1. The number of para-hydroxylation sites is 1. The van der Waals surface area contributed by atoms with Gasteiger partial charge in [0.2, 0.25) is 27.7 Å². The number of amides is 6. The van der Waals surface area contributed by atoms with E-state index in [9.17, 15) is 37.2 Å². The second kappa shape index (κ2) is 50.9. The van der Waals surface area contributed by atoms with E-state index in [-0.39, 0.29) is 46.2 Å². The summed E-state index contributed by atoms with van der Waals surface area (Å²) in [6.07, 6.45) is 20.6. The van der Waals surface area contributed by atoms with Gasteiger partial charge in [-0.15, -0.1) is 0 Å². The van der Waals surface area contributed by atoms with E-state index >= 15 is 0 Å². The molecule has 9 aromatic carbocycles. The average Bonchev–Trinajstić information content (AvgIpc) is 1.40. The Morgan fingerprint density at radius 3 is 1.93 bits per heavy atom. The Labute approximate surface area is 751 Å². The number of halogens is 2. The number of likely N-dealkylation sites (tertiary alicyclic amines) is 1. The maximum absolute atomic E-state index is 14.1. The molecule has 2 heterocycles. The van der Waals surface area contributed by atoms with Crippen LogP contribution < -0.4 is 35.7 Å². The molecule has 1 aliphatic carbocycles. The summed E-state index contributed by atoms with van der Waals surface area (Å²) in [6.45, 7) is 19.5. The molecule has 10 aromatic rings. The van der Waals surface area contributed by atoms with Gasteiger partial charge in [-0.2, -0.15) is 4.72 Å². The Kier molecular flexibility index (Phi) is 39.9. The van der Waals surface area contributed by atoms with E-state index in [0.29, 0.717) is 122 Å². The van der Waals surface area contributed by atoms with E-state index in [4.69, 9.17) is 37.7 Å². The second-order valence-electron chi connectivity index (χ2n) is 32.2. The predicted octanol–water partition coefficient (Wildman–Crippen LogP) is 21.0. The molecule has 19 nitrogen and oxygen atoms in total. The largest absolute Gasteiger partial charge is 0.493 e. The molecule has 22 heteroatoms. The number of hydrogen-bond donors (Lipinski definition) is 4. The number of aromatic nitrogens is 2. The van der Waals surface area contributed by atoms with Gasteiger partial charge in [0.25, 0.3) is 11.5 Å². The zero-order valence-electron chi connectivity index (χ0n) is 74.5. The highest BCUT2D eigenvalue weighted by Gasteiger charge is 2.35. The molecule has 0 bridgehead atoms. The zero-order valence-corrected chi connectivity index (χ0v) is 76.9. The second-order valence-corrected chi connectivity index (χ2v) is 34.8. The fourth-order valence-corrected chi connectivity index (χ4v) is 17.4. The van der Waals surface area contributed by atoms with Gasteiger partial charge in [0, 0.05) is 67.3 Å². The summed E-state index contributed by atoms with van der Waals surface area (Å²) in [5.74, 6) is 1.71. The van der Waals surface area contributed by atoms with Crippen molar-refractivity contribution in [3.63, 3.8) is 0 Å². The summed E-state index contributed by atoms with van der Waals surface area (Å²) in [5.41, 5.74) is 13.1. The molecule has 0 spiro atoms. The summed E-state index contributed by atoms with van der Waals surface area (Å²) in [5, 5.41) is 10.6. The first-order valence-electron chi connectivity index (χ1n) is 44.4. The summed E-state index contributed by atoms with van der Waals surface area (Å²) >= 11 is 12.0. The molecule has 3 unspecified atom stereocenters. The molecule has 1 aromatic heterocycles. The van der Waals surface area contributed by atoms with Gasteiger partial charge in [-0.1, -0.05) is 265 Å². The molecule has 6 amide bonds. The molecule has 1 saturated carbocycles. The lowest BCUT2D eigenvalue weighted by atomic mass is 9.92. The molecular weight excluding hydrogens is 1630 g/mol. The molecule has 2 fully saturated rings. The van der Waals surface area contributed by atoms with Crippen molar-refractivity contribution in [2.75, 3.05) is 46.9 Å². The number of carbonyl (C=O) groups is 5. The fourth-order valence-electron chi connectivity index (χ4n) is 15.7. The van der Waals surface area contributed by atoms with Gasteiger partial charge in [0.05, 0.1) is 41.7 Å².